The van der Waals surface area contributed by atoms with Gasteiger partial charge in [0.2, 0.25) is 11.8 Å². The van der Waals surface area contributed by atoms with Crippen LogP contribution in [0.5, 0.6) is 0 Å². The summed E-state index contributed by atoms with van der Waals surface area (Å²) in [5, 5.41) is 7.20. The van der Waals surface area contributed by atoms with Gasteiger partial charge in [-0.1, -0.05) is 12.8 Å². The molecule has 1 atom stereocenters. The molecule has 2 amide bonds. The zero-order valence-corrected chi connectivity index (χ0v) is 12.8. The summed E-state index contributed by atoms with van der Waals surface area (Å²) in [6, 6.07) is 1.80. The van der Waals surface area contributed by atoms with Crippen LogP contribution in [0.2, 0.25) is 0 Å². The van der Waals surface area contributed by atoms with Gasteiger partial charge in [-0.05, 0) is 54.0 Å². The molecule has 4 nitrogen and oxygen atoms in total. The fourth-order valence-electron chi connectivity index (χ4n) is 3.85. The Labute approximate surface area is 128 Å². The van der Waals surface area contributed by atoms with Gasteiger partial charge in [-0.3, -0.25) is 9.59 Å². The van der Waals surface area contributed by atoms with Gasteiger partial charge in [-0.2, -0.15) is 11.3 Å². The largest absolute Gasteiger partial charge is 0.340 e. The van der Waals surface area contributed by atoms with Gasteiger partial charge in [-0.15, -0.1) is 0 Å². The number of amides is 2. The van der Waals surface area contributed by atoms with E-state index in [0.29, 0.717) is 12.5 Å². The van der Waals surface area contributed by atoms with Crippen molar-refractivity contribution in [2.45, 2.75) is 56.7 Å². The number of carbonyl (C=O) groups is 2. The van der Waals surface area contributed by atoms with E-state index in [2.05, 4.69) is 16.8 Å². The Balaban J connectivity index is 1.66. The van der Waals surface area contributed by atoms with E-state index >= 15 is 0 Å². The third kappa shape index (κ3) is 2.18. The molecular weight excluding hydrogens is 284 g/mol. The summed E-state index contributed by atoms with van der Waals surface area (Å²) in [5.41, 5.74) is 0.542. The van der Waals surface area contributed by atoms with Gasteiger partial charge in [0.25, 0.3) is 0 Å². The van der Waals surface area contributed by atoms with Crippen LogP contribution in [-0.4, -0.2) is 28.3 Å². The molecule has 1 spiro atoms. The molecule has 1 N–H and O–H groups in total. The van der Waals surface area contributed by atoms with E-state index < -0.39 is 5.54 Å². The van der Waals surface area contributed by atoms with Crippen LogP contribution >= 0.6 is 11.3 Å². The smallest absolute Gasteiger partial charge is 0.249 e. The average Bonchev–Trinajstić information content (AvgIpc) is 2.98. The first kappa shape index (κ1) is 13.3. The lowest BCUT2D eigenvalue weighted by atomic mass is 9.89. The van der Waals surface area contributed by atoms with Gasteiger partial charge < -0.3 is 10.2 Å². The van der Waals surface area contributed by atoms with Crippen LogP contribution < -0.4 is 5.32 Å². The van der Waals surface area contributed by atoms with Crippen molar-refractivity contribution in [2.75, 3.05) is 0 Å². The van der Waals surface area contributed by atoms with E-state index in [1.807, 2.05) is 10.3 Å². The minimum absolute atomic E-state index is 0.0780. The second-order valence-electron chi connectivity index (χ2n) is 6.63. The van der Waals surface area contributed by atoms with Gasteiger partial charge in [0.05, 0.1) is 0 Å². The van der Waals surface area contributed by atoms with E-state index in [1.165, 1.54) is 0 Å². The first-order valence-corrected chi connectivity index (χ1v) is 8.78. The third-order valence-corrected chi connectivity index (χ3v) is 5.83. The van der Waals surface area contributed by atoms with Crippen molar-refractivity contribution < 1.29 is 9.59 Å². The van der Waals surface area contributed by atoms with Crippen molar-refractivity contribution in [3.05, 3.63) is 22.4 Å². The maximum Gasteiger partial charge on any atom is 0.249 e. The predicted octanol–water partition coefficient (Wildman–Crippen LogP) is 2.30. The highest BCUT2D eigenvalue weighted by Gasteiger charge is 2.55. The van der Waals surface area contributed by atoms with Gasteiger partial charge in [0.15, 0.2) is 0 Å². The Bertz CT molecular complexity index is 559. The minimum atomic E-state index is -0.599. The normalized spacial score (nSPS) is 28.2. The minimum Gasteiger partial charge on any atom is -0.340 e. The second-order valence-corrected chi connectivity index (χ2v) is 7.41. The number of thiophene rings is 1. The van der Waals surface area contributed by atoms with E-state index in [0.717, 1.165) is 44.1 Å². The Kier molecular flexibility index (Phi) is 3.06. The zero-order chi connectivity index (χ0) is 14.4. The van der Waals surface area contributed by atoms with E-state index in [4.69, 9.17) is 0 Å². The molecule has 0 aromatic carbocycles. The van der Waals surface area contributed by atoms with Crippen molar-refractivity contribution in [1.29, 1.82) is 0 Å². The Morgan fingerprint density at radius 2 is 2.05 bits per heavy atom. The van der Waals surface area contributed by atoms with Crippen LogP contribution in [0, 0.1) is 5.92 Å². The van der Waals surface area contributed by atoms with Crippen LogP contribution in [-0.2, 0) is 16.1 Å². The summed E-state index contributed by atoms with van der Waals surface area (Å²) >= 11 is 1.64. The molecule has 2 aliphatic carbocycles. The van der Waals surface area contributed by atoms with E-state index in [1.54, 1.807) is 11.3 Å². The SMILES string of the molecule is O=C1NC2(CCCC2)C(=O)N(Cc2ccsc2)C1C1CC1. The van der Waals surface area contributed by atoms with E-state index in [9.17, 15) is 9.59 Å². The molecular formula is C16H20N2O2S. The Morgan fingerprint density at radius 1 is 1.29 bits per heavy atom. The van der Waals surface area contributed by atoms with Crippen molar-refractivity contribution in [3.63, 3.8) is 0 Å². The van der Waals surface area contributed by atoms with Gasteiger partial charge in [0, 0.05) is 6.54 Å². The Hall–Kier alpha value is -1.36. The molecule has 1 aromatic heterocycles. The molecule has 2 saturated carbocycles. The molecule has 0 radical (unpaired) electrons. The lowest BCUT2D eigenvalue weighted by molar-refractivity contribution is -0.156. The lowest BCUT2D eigenvalue weighted by Gasteiger charge is -2.44. The fraction of sp³-hybridized carbons (Fsp3) is 0.625. The molecule has 3 fully saturated rings. The monoisotopic (exact) mass is 304 g/mol. The molecule has 3 aliphatic rings. The second kappa shape index (κ2) is 4.83. The highest BCUT2D eigenvalue weighted by molar-refractivity contribution is 7.07. The third-order valence-electron chi connectivity index (χ3n) is 5.10. The van der Waals surface area contributed by atoms with Crippen molar-refractivity contribution in [3.8, 4) is 0 Å². The number of rotatable bonds is 3. The fourth-order valence-corrected chi connectivity index (χ4v) is 4.51. The number of hydrogen-bond donors (Lipinski definition) is 1. The standard InChI is InChI=1S/C16H20N2O2S/c19-14-13(12-3-4-12)18(9-11-5-8-21-10-11)15(20)16(17-14)6-1-2-7-16/h5,8,10,12-13H,1-4,6-7,9H2,(H,17,19). The van der Waals surface area contributed by atoms with Gasteiger partial charge in [-0.25, -0.2) is 0 Å². The summed E-state index contributed by atoms with van der Waals surface area (Å²) in [4.78, 5) is 27.6. The van der Waals surface area contributed by atoms with Crippen LogP contribution in [0.3, 0.4) is 0 Å². The molecule has 112 valence electrons. The molecule has 0 bridgehead atoms. The highest BCUT2D eigenvalue weighted by Crippen LogP contribution is 2.42. The molecule has 1 unspecified atom stereocenters. The first-order chi connectivity index (χ1) is 10.2. The highest BCUT2D eigenvalue weighted by atomic mass is 32.1. The van der Waals surface area contributed by atoms with Crippen molar-refractivity contribution in [1.82, 2.24) is 10.2 Å². The van der Waals surface area contributed by atoms with Crippen molar-refractivity contribution in [2.24, 2.45) is 5.92 Å². The summed E-state index contributed by atoms with van der Waals surface area (Å²) in [6.07, 6.45) is 5.81. The summed E-state index contributed by atoms with van der Waals surface area (Å²) in [7, 11) is 0. The van der Waals surface area contributed by atoms with Crippen molar-refractivity contribution >= 4 is 23.2 Å². The number of hydrogen-bond acceptors (Lipinski definition) is 3. The quantitative estimate of drug-likeness (QED) is 0.931. The maximum atomic E-state index is 13.1. The lowest BCUT2D eigenvalue weighted by Crippen LogP contribution is -2.69. The summed E-state index contributed by atoms with van der Waals surface area (Å²) in [6.45, 7) is 0.582. The summed E-state index contributed by atoms with van der Waals surface area (Å²) in [5.74, 6) is 0.600. The number of carbonyl (C=O) groups excluding carboxylic acids is 2. The van der Waals surface area contributed by atoms with Crippen LogP contribution in [0.1, 0.15) is 44.1 Å². The maximum absolute atomic E-state index is 13.1. The van der Waals surface area contributed by atoms with Gasteiger partial charge in [0.1, 0.15) is 11.6 Å². The number of nitrogens with zero attached hydrogens (tertiary/aromatic N) is 1. The number of piperazine rings is 1. The molecule has 21 heavy (non-hydrogen) atoms. The van der Waals surface area contributed by atoms with E-state index in [-0.39, 0.29) is 17.9 Å². The van der Waals surface area contributed by atoms with Crippen LogP contribution in [0.15, 0.2) is 16.8 Å². The van der Waals surface area contributed by atoms with Crippen LogP contribution in [0.25, 0.3) is 0 Å². The molecule has 5 heteroatoms. The topological polar surface area (TPSA) is 49.4 Å². The number of nitrogens with one attached hydrogen (secondary N) is 1. The summed E-state index contributed by atoms with van der Waals surface area (Å²) < 4.78 is 0. The Morgan fingerprint density at radius 3 is 2.67 bits per heavy atom. The molecule has 2 heterocycles. The first-order valence-electron chi connectivity index (χ1n) is 7.84. The molecule has 1 aliphatic heterocycles. The zero-order valence-electron chi connectivity index (χ0n) is 12.0. The molecule has 1 aromatic rings. The predicted molar refractivity (Wildman–Crippen MR) is 80.7 cm³/mol. The van der Waals surface area contributed by atoms with Gasteiger partial charge >= 0.3 is 0 Å². The molecule has 1 saturated heterocycles. The van der Waals surface area contributed by atoms with Crippen LogP contribution in [0.4, 0.5) is 0 Å². The average molecular weight is 304 g/mol. The molecule has 4 rings (SSSR count).